The fraction of sp³-hybridized carbons (Fsp3) is 0.571. The van der Waals surface area contributed by atoms with E-state index in [0.717, 1.165) is 19.5 Å². The Morgan fingerprint density at radius 1 is 1.50 bits per heavy atom. The molecule has 6 nitrogen and oxygen atoms in total. The van der Waals surface area contributed by atoms with E-state index in [-0.39, 0.29) is 30.0 Å². The van der Waals surface area contributed by atoms with E-state index in [9.17, 15) is 9.59 Å². The Hall–Kier alpha value is -1.82. The Morgan fingerprint density at radius 2 is 2.35 bits per heavy atom. The van der Waals surface area contributed by atoms with Crippen molar-refractivity contribution in [1.29, 1.82) is 0 Å². The van der Waals surface area contributed by atoms with E-state index in [1.165, 1.54) is 6.26 Å². The smallest absolute Gasteiger partial charge is 0.286 e. The zero-order chi connectivity index (χ0) is 14.4. The molecule has 3 N–H and O–H groups in total. The first-order valence-electron chi connectivity index (χ1n) is 6.98. The van der Waals surface area contributed by atoms with Crippen molar-refractivity contribution >= 4 is 11.8 Å². The second-order valence-corrected chi connectivity index (χ2v) is 5.13. The van der Waals surface area contributed by atoms with Crippen molar-refractivity contribution in [3.63, 3.8) is 0 Å². The summed E-state index contributed by atoms with van der Waals surface area (Å²) in [5.74, 6) is 0.411. The van der Waals surface area contributed by atoms with E-state index in [4.69, 9.17) is 4.42 Å². The summed E-state index contributed by atoms with van der Waals surface area (Å²) in [5, 5.41) is 8.92. The molecule has 0 radical (unpaired) electrons. The number of amides is 2. The first kappa shape index (κ1) is 14.6. The summed E-state index contributed by atoms with van der Waals surface area (Å²) in [6, 6.07) is 3.42. The fourth-order valence-electron chi connectivity index (χ4n) is 2.25. The van der Waals surface area contributed by atoms with Gasteiger partial charge in [-0.05, 0) is 31.0 Å². The lowest BCUT2D eigenvalue weighted by Gasteiger charge is -2.30. The van der Waals surface area contributed by atoms with Gasteiger partial charge in [-0.15, -0.1) is 0 Å². The van der Waals surface area contributed by atoms with Gasteiger partial charge in [0.05, 0.1) is 6.26 Å². The van der Waals surface area contributed by atoms with Crippen molar-refractivity contribution in [2.24, 2.45) is 5.92 Å². The predicted molar refractivity (Wildman–Crippen MR) is 74.2 cm³/mol. The lowest BCUT2D eigenvalue weighted by molar-refractivity contribution is -0.122. The molecule has 1 fully saturated rings. The maximum atomic E-state index is 11.8. The summed E-state index contributed by atoms with van der Waals surface area (Å²) in [4.78, 5) is 23.4. The summed E-state index contributed by atoms with van der Waals surface area (Å²) >= 11 is 0. The molecule has 0 saturated carbocycles. The fourth-order valence-corrected chi connectivity index (χ4v) is 2.25. The lowest BCUT2D eigenvalue weighted by Crippen LogP contribution is -2.50. The molecule has 0 aliphatic carbocycles. The quantitative estimate of drug-likeness (QED) is 0.733. The van der Waals surface area contributed by atoms with E-state index in [1.807, 2.05) is 0 Å². The molecule has 110 valence electrons. The Bertz CT molecular complexity index is 445. The first-order valence-corrected chi connectivity index (χ1v) is 6.98. The van der Waals surface area contributed by atoms with Crippen LogP contribution in [0.2, 0.25) is 0 Å². The van der Waals surface area contributed by atoms with Gasteiger partial charge >= 0.3 is 0 Å². The maximum absolute atomic E-state index is 11.8. The molecular formula is C14H21N3O3. The normalized spacial score (nSPS) is 22.2. The van der Waals surface area contributed by atoms with Gasteiger partial charge in [0.15, 0.2) is 5.76 Å². The molecule has 2 rings (SSSR count). The molecule has 1 aromatic rings. The van der Waals surface area contributed by atoms with Crippen molar-refractivity contribution in [3.8, 4) is 0 Å². The number of piperidine rings is 1. The van der Waals surface area contributed by atoms with Gasteiger partial charge in [-0.25, -0.2) is 0 Å². The van der Waals surface area contributed by atoms with Crippen LogP contribution in [-0.2, 0) is 4.79 Å². The number of nitrogens with one attached hydrogen (secondary N) is 3. The number of hydrogen-bond acceptors (Lipinski definition) is 4. The van der Waals surface area contributed by atoms with Crippen LogP contribution in [0.4, 0.5) is 0 Å². The lowest BCUT2D eigenvalue weighted by atomic mass is 9.95. The largest absolute Gasteiger partial charge is 0.459 e. The van der Waals surface area contributed by atoms with Gasteiger partial charge < -0.3 is 20.4 Å². The minimum Gasteiger partial charge on any atom is -0.459 e. The molecule has 2 heterocycles. The van der Waals surface area contributed by atoms with Crippen molar-refractivity contribution < 1.29 is 14.0 Å². The maximum Gasteiger partial charge on any atom is 0.286 e. The van der Waals surface area contributed by atoms with Gasteiger partial charge in [0.25, 0.3) is 5.91 Å². The molecule has 1 saturated heterocycles. The number of hydrogen-bond donors (Lipinski definition) is 3. The summed E-state index contributed by atoms with van der Waals surface area (Å²) < 4.78 is 4.97. The molecule has 0 bridgehead atoms. The third-order valence-corrected chi connectivity index (χ3v) is 3.56. The van der Waals surface area contributed by atoms with Crippen LogP contribution < -0.4 is 16.0 Å². The Labute approximate surface area is 118 Å². The third-order valence-electron chi connectivity index (χ3n) is 3.56. The number of furan rings is 1. The number of carbonyl (C=O) groups excluding carboxylic acids is 2. The molecule has 1 aromatic heterocycles. The highest BCUT2D eigenvalue weighted by Gasteiger charge is 2.22. The van der Waals surface area contributed by atoms with Gasteiger partial charge in [0.2, 0.25) is 5.91 Å². The molecule has 0 spiro atoms. The van der Waals surface area contributed by atoms with E-state index >= 15 is 0 Å². The first-order chi connectivity index (χ1) is 9.66. The van der Waals surface area contributed by atoms with E-state index in [2.05, 4.69) is 22.9 Å². The monoisotopic (exact) mass is 279 g/mol. The molecule has 0 aromatic carbocycles. The zero-order valence-corrected chi connectivity index (χ0v) is 11.6. The van der Waals surface area contributed by atoms with Crippen molar-refractivity contribution in [1.82, 2.24) is 16.0 Å². The average molecular weight is 279 g/mol. The van der Waals surface area contributed by atoms with Crippen LogP contribution in [0.5, 0.6) is 0 Å². The highest BCUT2D eigenvalue weighted by Crippen LogP contribution is 2.11. The number of carbonyl (C=O) groups is 2. The highest BCUT2D eigenvalue weighted by atomic mass is 16.3. The van der Waals surface area contributed by atoms with Crippen LogP contribution in [0.25, 0.3) is 0 Å². The van der Waals surface area contributed by atoms with Crippen LogP contribution in [0.3, 0.4) is 0 Å². The van der Waals surface area contributed by atoms with Gasteiger partial charge in [0.1, 0.15) is 0 Å². The van der Waals surface area contributed by atoms with Crippen molar-refractivity contribution in [2.45, 2.75) is 25.8 Å². The summed E-state index contributed by atoms with van der Waals surface area (Å²) in [7, 11) is 0. The third kappa shape index (κ3) is 4.09. The molecule has 2 amide bonds. The molecule has 2 atom stereocenters. The minimum absolute atomic E-state index is 0.0368. The van der Waals surface area contributed by atoms with Crippen LogP contribution in [-0.4, -0.2) is 37.5 Å². The van der Waals surface area contributed by atoms with Crippen molar-refractivity contribution in [3.05, 3.63) is 24.2 Å². The van der Waals surface area contributed by atoms with Gasteiger partial charge in [0, 0.05) is 25.6 Å². The number of rotatable bonds is 5. The van der Waals surface area contributed by atoms with Crippen LogP contribution in [0, 0.1) is 5.92 Å². The van der Waals surface area contributed by atoms with Crippen LogP contribution in [0.15, 0.2) is 22.8 Å². The van der Waals surface area contributed by atoms with E-state index in [1.54, 1.807) is 12.1 Å². The van der Waals surface area contributed by atoms with Gasteiger partial charge in [-0.3, -0.25) is 9.59 Å². The Balaban J connectivity index is 1.66. The summed E-state index contributed by atoms with van der Waals surface area (Å²) in [5.41, 5.74) is 0. The van der Waals surface area contributed by atoms with E-state index < -0.39 is 0 Å². The topological polar surface area (TPSA) is 83.4 Å². The second-order valence-electron chi connectivity index (χ2n) is 5.13. The van der Waals surface area contributed by atoms with Crippen LogP contribution >= 0.6 is 0 Å². The molecule has 1 aliphatic rings. The van der Waals surface area contributed by atoms with Gasteiger partial charge in [-0.1, -0.05) is 6.92 Å². The van der Waals surface area contributed by atoms with Crippen LogP contribution in [0.1, 0.15) is 30.3 Å². The molecule has 1 aliphatic heterocycles. The molecule has 20 heavy (non-hydrogen) atoms. The molecular weight excluding hydrogens is 258 g/mol. The average Bonchev–Trinajstić information content (AvgIpc) is 2.95. The van der Waals surface area contributed by atoms with Gasteiger partial charge in [-0.2, -0.15) is 0 Å². The van der Waals surface area contributed by atoms with Crippen molar-refractivity contribution in [2.75, 3.05) is 19.6 Å². The van der Waals surface area contributed by atoms with E-state index in [0.29, 0.717) is 12.5 Å². The second kappa shape index (κ2) is 7.09. The summed E-state index contributed by atoms with van der Waals surface area (Å²) in [6.07, 6.45) is 2.79. The Kier molecular flexibility index (Phi) is 5.17. The highest BCUT2D eigenvalue weighted by molar-refractivity contribution is 5.91. The standard InChI is InChI=1S/C14H21N3O3/c1-10-4-6-15-9-11(10)17-13(18)5-7-16-14(19)12-3-2-8-20-12/h2-3,8,10-11,15H,4-7,9H2,1H3,(H,16,19)(H,17,18). The zero-order valence-electron chi connectivity index (χ0n) is 11.6. The summed E-state index contributed by atoms with van der Waals surface area (Å²) in [6.45, 7) is 4.27. The molecule has 6 heteroatoms. The Morgan fingerprint density at radius 3 is 3.05 bits per heavy atom. The minimum atomic E-state index is -0.296. The predicted octanol–water partition coefficient (Wildman–Crippen LogP) is 0.514. The molecule has 2 unspecified atom stereocenters. The SMILES string of the molecule is CC1CCNCC1NC(=O)CCNC(=O)c1ccco1.